The van der Waals surface area contributed by atoms with Crippen molar-refractivity contribution in [1.29, 1.82) is 0 Å². The van der Waals surface area contributed by atoms with Crippen LogP contribution in [0.4, 0.5) is 5.00 Å². The standard InChI is InChI=1S/C26H24INO4S/c27-32-26(30)23-22(19-9-8-16-4-1-2-5-18(16)14-19)15-33-25(23)28-24(29)17-10-12-21(13-11-17)31-20-6-3-7-20/h1-2,4-5,10-13,15,19-20H,3,6-9,14H2,(H,28,29). The Bertz CT molecular complexity index is 1170. The first-order valence-electron chi connectivity index (χ1n) is 11.2. The van der Waals surface area contributed by atoms with E-state index in [1.54, 1.807) is 35.1 Å². The summed E-state index contributed by atoms with van der Waals surface area (Å²) in [7, 11) is 0. The van der Waals surface area contributed by atoms with Crippen LogP contribution in [0.25, 0.3) is 0 Å². The van der Waals surface area contributed by atoms with Gasteiger partial charge in [-0.25, -0.2) is 4.79 Å². The van der Waals surface area contributed by atoms with Crippen molar-refractivity contribution in [2.75, 3.05) is 5.32 Å². The molecule has 1 unspecified atom stereocenters. The zero-order chi connectivity index (χ0) is 22.8. The number of rotatable bonds is 6. The van der Waals surface area contributed by atoms with E-state index >= 15 is 0 Å². The van der Waals surface area contributed by atoms with E-state index in [4.69, 9.17) is 7.80 Å². The molecule has 2 aliphatic carbocycles. The fourth-order valence-corrected chi connectivity index (χ4v) is 5.76. The summed E-state index contributed by atoms with van der Waals surface area (Å²) in [5.74, 6) is 0.317. The van der Waals surface area contributed by atoms with Gasteiger partial charge >= 0.3 is 5.97 Å². The van der Waals surface area contributed by atoms with Crippen molar-refractivity contribution in [3.05, 3.63) is 81.7 Å². The Morgan fingerprint density at radius 3 is 2.45 bits per heavy atom. The number of halogens is 1. The van der Waals surface area contributed by atoms with Crippen molar-refractivity contribution in [3.8, 4) is 5.75 Å². The number of hydrogen-bond donors (Lipinski definition) is 1. The minimum atomic E-state index is -0.426. The van der Waals surface area contributed by atoms with Gasteiger partial charge in [0, 0.05) is 5.56 Å². The zero-order valence-electron chi connectivity index (χ0n) is 18.0. The first-order valence-corrected chi connectivity index (χ1v) is 13.0. The number of fused-ring (bicyclic) bond motifs is 1. The van der Waals surface area contributed by atoms with E-state index in [9.17, 15) is 9.59 Å². The monoisotopic (exact) mass is 573 g/mol. The van der Waals surface area contributed by atoms with Gasteiger partial charge in [-0.15, -0.1) is 11.3 Å². The fraction of sp³-hybridized carbons (Fsp3) is 0.308. The average molecular weight is 573 g/mol. The molecule has 2 aliphatic rings. The summed E-state index contributed by atoms with van der Waals surface area (Å²) in [6.07, 6.45) is 6.50. The molecule has 33 heavy (non-hydrogen) atoms. The molecule has 1 N–H and O–H groups in total. The highest BCUT2D eigenvalue weighted by Crippen LogP contribution is 2.40. The van der Waals surface area contributed by atoms with Gasteiger partial charge in [0.05, 0.1) is 11.7 Å². The van der Waals surface area contributed by atoms with Crippen molar-refractivity contribution in [3.63, 3.8) is 0 Å². The lowest BCUT2D eigenvalue weighted by atomic mass is 9.80. The molecule has 0 spiro atoms. The number of carbonyl (C=O) groups excluding carboxylic acids is 2. The van der Waals surface area contributed by atoms with E-state index in [0.717, 1.165) is 43.4 Å². The molecule has 170 valence electrons. The third kappa shape index (κ3) is 4.80. The maximum absolute atomic E-state index is 12.9. The summed E-state index contributed by atoms with van der Waals surface area (Å²) in [5, 5.41) is 5.46. The first-order chi connectivity index (χ1) is 16.1. The van der Waals surface area contributed by atoms with E-state index in [-0.39, 0.29) is 11.8 Å². The normalized spacial score (nSPS) is 17.5. The van der Waals surface area contributed by atoms with Crippen LogP contribution in [0.5, 0.6) is 5.75 Å². The second kappa shape index (κ2) is 9.85. The SMILES string of the molecule is O=C(Nc1scc(C2CCc3ccccc3C2)c1C(=O)OI)c1ccc(OC2CCC2)cc1. The van der Waals surface area contributed by atoms with E-state index in [2.05, 4.69) is 29.6 Å². The van der Waals surface area contributed by atoms with E-state index in [0.29, 0.717) is 22.2 Å². The smallest absolute Gasteiger partial charge is 0.350 e. The van der Waals surface area contributed by atoms with Crippen LogP contribution in [0.3, 0.4) is 0 Å². The minimum absolute atomic E-state index is 0.218. The van der Waals surface area contributed by atoms with Gasteiger partial charge in [-0.1, -0.05) is 24.3 Å². The Balaban J connectivity index is 1.34. The molecular weight excluding hydrogens is 549 g/mol. The Kier molecular flexibility index (Phi) is 6.69. The maximum Gasteiger partial charge on any atom is 0.350 e. The van der Waals surface area contributed by atoms with Gasteiger partial charge in [0.1, 0.15) is 10.8 Å². The number of aryl methyl sites for hydroxylation is 1. The number of amides is 1. The van der Waals surface area contributed by atoms with Crippen LogP contribution in [0.15, 0.2) is 53.9 Å². The van der Waals surface area contributed by atoms with Crippen LogP contribution in [-0.2, 0) is 15.9 Å². The highest BCUT2D eigenvalue weighted by Gasteiger charge is 2.29. The van der Waals surface area contributed by atoms with Crippen molar-refractivity contribution in [1.82, 2.24) is 0 Å². The highest BCUT2D eigenvalue weighted by molar-refractivity contribution is 14.1. The molecule has 1 atom stereocenters. The summed E-state index contributed by atoms with van der Waals surface area (Å²) in [5.41, 5.74) is 4.64. The highest BCUT2D eigenvalue weighted by atomic mass is 127. The molecule has 1 fully saturated rings. The number of nitrogens with one attached hydrogen (secondary N) is 1. The van der Waals surface area contributed by atoms with Crippen molar-refractivity contribution in [2.45, 2.75) is 50.5 Å². The molecule has 0 bridgehead atoms. The molecule has 5 nitrogen and oxygen atoms in total. The molecule has 0 aliphatic heterocycles. The summed E-state index contributed by atoms with van der Waals surface area (Å²) in [6, 6.07) is 15.6. The number of anilines is 1. The number of benzene rings is 2. The van der Waals surface area contributed by atoms with Gasteiger partial charge in [0.2, 0.25) is 0 Å². The first kappa shape index (κ1) is 22.4. The summed E-state index contributed by atoms with van der Waals surface area (Å²) in [6.45, 7) is 0. The topological polar surface area (TPSA) is 64.6 Å². The third-order valence-corrected chi connectivity index (χ3v) is 7.89. The predicted octanol–water partition coefficient (Wildman–Crippen LogP) is 6.71. The van der Waals surface area contributed by atoms with E-state index in [1.165, 1.54) is 28.9 Å². The second-order valence-corrected chi connectivity index (χ2v) is 9.94. The molecule has 2 aromatic carbocycles. The van der Waals surface area contributed by atoms with Crippen molar-refractivity contribution < 1.29 is 17.4 Å². The molecular formula is C26H24INO4S. The Morgan fingerprint density at radius 2 is 1.76 bits per heavy atom. The summed E-state index contributed by atoms with van der Waals surface area (Å²) in [4.78, 5) is 25.6. The second-order valence-electron chi connectivity index (χ2n) is 8.62. The lowest BCUT2D eigenvalue weighted by Crippen LogP contribution is -2.24. The van der Waals surface area contributed by atoms with E-state index < -0.39 is 5.97 Å². The molecule has 5 rings (SSSR count). The molecule has 0 saturated heterocycles. The molecule has 1 saturated carbocycles. The molecule has 1 amide bonds. The number of hydrogen-bond acceptors (Lipinski definition) is 5. The van der Waals surface area contributed by atoms with Gasteiger partial charge in [-0.2, -0.15) is 0 Å². The number of thiophene rings is 1. The van der Waals surface area contributed by atoms with Gasteiger partial charge in [-0.05, 0) is 90.8 Å². The fourth-order valence-electron chi connectivity index (χ4n) is 4.52. The Labute approximate surface area is 211 Å². The molecule has 7 heteroatoms. The molecule has 1 aromatic heterocycles. The van der Waals surface area contributed by atoms with Crippen LogP contribution in [0.1, 0.15) is 69.0 Å². The maximum atomic E-state index is 12.9. The molecule has 0 radical (unpaired) electrons. The van der Waals surface area contributed by atoms with Gasteiger partial charge in [0.15, 0.2) is 23.0 Å². The lowest BCUT2D eigenvalue weighted by molar-refractivity contribution is 0.0800. The van der Waals surface area contributed by atoms with Crippen LogP contribution >= 0.6 is 34.3 Å². The minimum Gasteiger partial charge on any atom is -0.490 e. The van der Waals surface area contributed by atoms with Gasteiger partial charge in [0.25, 0.3) is 5.91 Å². The average Bonchev–Trinajstić information content (AvgIpc) is 3.24. The van der Waals surface area contributed by atoms with Crippen molar-refractivity contribution >= 4 is 51.2 Å². The predicted molar refractivity (Wildman–Crippen MR) is 138 cm³/mol. The van der Waals surface area contributed by atoms with Crippen LogP contribution in [-0.4, -0.2) is 18.0 Å². The summed E-state index contributed by atoms with van der Waals surface area (Å²) >= 11 is 2.99. The zero-order valence-corrected chi connectivity index (χ0v) is 21.0. The number of carbonyl (C=O) groups is 2. The Hall–Kier alpha value is -2.39. The Morgan fingerprint density at radius 1 is 1.00 bits per heavy atom. The lowest BCUT2D eigenvalue weighted by Gasteiger charge is -2.26. The molecule has 3 aromatic rings. The number of ether oxygens (including phenoxy) is 1. The third-order valence-electron chi connectivity index (χ3n) is 6.58. The molecule has 1 heterocycles. The quantitative estimate of drug-likeness (QED) is 0.333. The van der Waals surface area contributed by atoms with E-state index in [1.807, 2.05) is 17.5 Å². The largest absolute Gasteiger partial charge is 0.490 e. The van der Waals surface area contributed by atoms with Crippen LogP contribution in [0, 0.1) is 0 Å². The van der Waals surface area contributed by atoms with Gasteiger partial charge in [-0.3, -0.25) is 4.79 Å². The summed E-state index contributed by atoms with van der Waals surface area (Å²) < 4.78 is 10.9. The van der Waals surface area contributed by atoms with Crippen LogP contribution < -0.4 is 10.1 Å². The van der Waals surface area contributed by atoms with Crippen LogP contribution in [0.2, 0.25) is 0 Å². The van der Waals surface area contributed by atoms with Crippen molar-refractivity contribution in [2.24, 2.45) is 0 Å². The van der Waals surface area contributed by atoms with Gasteiger partial charge < -0.3 is 13.1 Å².